The Bertz CT molecular complexity index is 874. The van der Waals surface area contributed by atoms with Gasteiger partial charge in [0.1, 0.15) is 11.6 Å². The van der Waals surface area contributed by atoms with Crippen LogP contribution < -0.4 is 5.32 Å². The maximum Gasteiger partial charge on any atom is 0.309 e. The molecule has 0 spiro atoms. The van der Waals surface area contributed by atoms with Crippen LogP contribution in [0.15, 0.2) is 30.3 Å². The third-order valence-corrected chi connectivity index (χ3v) is 6.85. The summed E-state index contributed by atoms with van der Waals surface area (Å²) in [6.45, 7) is 13.5. The van der Waals surface area contributed by atoms with Crippen molar-refractivity contribution in [2.45, 2.75) is 97.6 Å². The predicted octanol–water partition coefficient (Wildman–Crippen LogP) is 3.92. The maximum atomic E-state index is 14.1. The molecule has 0 heterocycles. The van der Waals surface area contributed by atoms with Crippen molar-refractivity contribution in [1.82, 2.24) is 15.1 Å². The van der Waals surface area contributed by atoms with Crippen LogP contribution in [-0.4, -0.2) is 85.7 Å². The number of ether oxygens (including phenoxy) is 2. The summed E-state index contributed by atoms with van der Waals surface area (Å²) in [5, 5.41) is 3.05. The van der Waals surface area contributed by atoms with Gasteiger partial charge in [0.25, 0.3) is 0 Å². The number of nitrogens with zero attached hydrogens (tertiary/aromatic N) is 2. The Labute approximate surface area is 230 Å². The molecule has 2 amide bonds. The van der Waals surface area contributed by atoms with E-state index in [-0.39, 0.29) is 42.1 Å². The minimum absolute atomic E-state index is 0.0200. The van der Waals surface area contributed by atoms with Gasteiger partial charge in [0.15, 0.2) is 0 Å². The summed E-state index contributed by atoms with van der Waals surface area (Å²) in [6.07, 6.45) is 0.589. The summed E-state index contributed by atoms with van der Waals surface area (Å²) in [6, 6.07) is 8.11. The largest absolute Gasteiger partial charge is 0.460 e. The van der Waals surface area contributed by atoms with E-state index in [2.05, 4.69) is 5.32 Å². The van der Waals surface area contributed by atoms with E-state index in [1.54, 1.807) is 19.1 Å². The van der Waals surface area contributed by atoms with Crippen molar-refractivity contribution in [1.29, 1.82) is 0 Å². The number of amides is 2. The Hall–Kier alpha value is -2.45. The van der Waals surface area contributed by atoms with Gasteiger partial charge in [0.2, 0.25) is 11.8 Å². The molecule has 0 aliphatic heterocycles. The van der Waals surface area contributed by atoms with Crippen molar-refractivity contribution in [3.8, 4) is 0 Å². The number of esters is 1. The van der Waals surface area contributed by atoms with Gasteiger partial charge in [-0.2, -0.15) is 0 Å². The highest BCUT2D eigenvalue weighted by atomic mass is 16.6. The first-order valence-electron chi connectivity index (χ1n) is 13.6. The van der Waals surface area contributed by atoms with Crippen LogP contribution in [0.5, 0.6) is 0 Å². The first-order chi connectivity index (χ1) is 17.6. The standard InChI is InChI=1S/C30H51N3O5/c1-12-21(4)27(24(37-11)19-25(34)38-30(5,6)7)33(10)29(36)23(18-22-16-14-13-15-17-22)31-28(35)26(20(2)3)32(8)9/h13-17,20-21,23-24,26-27H,12,18-19H2,1-11H3,(H,31,35)/t21-,23-,24+,26-,27-/m0/s1. The van der Waals surface area contributed by atoms with Gasteiger partial charge in [-0.25, -0.2) is 0 Å². The van der Waals surface area contributed by atoms with Crippen molar-refractivity contribution < 1.29 is 23.9 Å². The van der Waals surface area contributed by atoms with Crippen LogP contribution >= 0.6 is 0 Å². The molecule has 1 N–H and O–H groups in total. The maximum absolute atomic E-state index is 14.1. The topological polar surface area (TPSA) is 88.2 Å². The van der Waals surface area contributed by atoms with Gasteiger partial charge in [0, 0.05) is 20.6 Å². The minimum atomic E-state index is -0.776. The third-order valence-electron chi connectivity index (χ3n) is 6.85. The van der Waals surface area contributed by atoms with Crippen LogP contribution in [0.25, 0.3) is 0 Å². The Morgan fingerprint density at radius 3 is 2.03 bits per heavy atom. The third kappa shape index (κ3) is 10.4. The molecule has 0 unspecified atom stereocenters. The smallest absolute Gasteiger partial charge is 0.309 e. The quantitative estimate of drug-likeness (QED) is 0.365. The average Bonchev–Trinajstić information content (AvgIpc) is 2.81. The van der Waals surface area contributed by atoms with E-state index in [0.717, 1.165) is 12.0 Å². The second-order valence-corrected chi connectivity index (χ2v) is 11.8. The predicted molar refractivity (Wildman–Crippen MR) is 152 cm³/mol. The number of carbonyl (C=O) groups excluding carboxylic acids is 3. The molecule has 0 aromatic heterocycles. The summed E-state index contributed by atoms with van der Waals surface area (Å²) in [7, 11) is 7.01. The Kier molecular flexibility index (Phi) is 13.4. The molecule has 8 nitrogen and oxygen atoms in total. The average molecular weight is 534 g/mol. The second-order valence-electron chi connectivity index (χ2n) is 11.8. The van der Waals surface area contributed by atoms with Crippen LogP contribution in [0, 0.1) is 11.8 Å². The van der Waals surface area contributed by atoms with Crippen LogP contribution in [0.3, 0.4) is 0 Å². The minimum Gasteiger partial charge on any atom is -0.460 e. The Morgan fingerprint density at radius 1 is 1.00 bits per heavy atom. The number of likely N-dealkylation sites (N-methyl/N-ethyl adjacent to an activating group) is 2. The van der Waals surface area contributed by atoms with Crippen molar-refractivity contribution in [2.75, 3.05) is 28.3 Å². The molecule has 8 heteroatoms. The van der Waals surface area contributed by atoms with E-state index in [1.807, 2.05) is 97.8 Å². The molecule has 216 valence electrons. The molecule has 0 radical (unpaired) electrons. The van der Waals surface area contributed by atoms with E-state index in [4.69, 9.17) is 9.47 Å². The van der Waals surface area contributed by atoms with E-state index in [0.29, 0.717) is 6.42 Å². The van der Waals surface area contributed by atoms with E-state index in [1.165, 1.54) is 0 Å². The molecular weight excluding hydrogens is 482 g/mol. The lowest BCUT2D eigenvalue weighted by Crippen LogP contribution is -2.58. The lowest BCUT2D eigenvalue weighted by atomic mass is 9.90. The monoisotopic (exact) mass is 533 g/mol. The molecule has 1 rings (SSSR count). The first-order valence-corrected chi connectivity index (χ1v) is 13.6. The molecule has 0 fully saturated rings. The highest BCUT2D eigenvalue weighted by molar-refractivity contribution is 5.90. The van der Waals surface area contributed by atoms with Crippen LogP contribution in [0.4, 0.5) is 0 Å². The number of nitrogens with one attached hydrogen (secondary N) is 1. The summed E-state index contributed by atoms with van der Waals surface area (Å²) in [4.78, 5) is 43.7. The fourth-order valence-corrected chi connectivity index (χ4v) is 4.96. The molecule has 0 saturated heterocycles. The van der Waals surface area contributed by atoms with Crippen molar-refractivity contribution >= 4 is 17.8 Å². The first kappa shape index (κ1) is 33.6. The molecule has 5 atom stereocenters. The van der Waals surface area contributed by atoms with Crippen molar-refractivity contribution in [2.24, 2.45) is 11.8 Å². The highest BCUT2D eigenvalue weighted by Crippen LogP contribution is 2.24. The molecule has 0 aliphatic rings. The lowest BCUT2D eigenvalue weighted by Gasteiger charge is -2.39. The zero-order chi connectivity index (χ0) is 29.2. The van der Waals surface area contributed by atoms with Crippen LogP contribution in [0.2, 0.25) is 0 Å². The van der Waals surface area contributed by atoms with Gasteiger partial charge in [-0.1, -0.05) is 64.4 Å². The number of benzene rings is 1. The fraction of sp³-hybridized carbons (Fsp3) is 0.700. The fourth-order valence-electron chi connectivity index (χ4n) is 4.96. The van der Waals surface area contributed by atoms with Gasteiger partial charge in [-0.15, -0.1) is 0 Å². The Balaban J connectivity index is 3.34. The van der Waals surface area contributed by atoms with Gasteiger partial charge >= 0.3 is 5.97 Å². The van der Waals surface area contributed by atoms with Crippen molar-refractivity contribution in [3.05, 3.63) is 35.9 Å². The van der Waals surface area contributed by atoms with Gasteiger partial charge in [-0.05, 0) is 52.3 Å². The van der Waals surface area contributed by atoms with Crippen LogP contribution in [0.1, 0.15) is 66.9 Å². The van der Waals surface area contributed by atoms with E-state index < -0.39 is 23.8 Å². The normalized spacial score (nSPS) is 15.9. The van der Waals surface area contributed by atoms with Gasteiger partial charge < -0.3 is 19.7 Å². The summed E-state index contributed by atoms with van der Waals surface area (Å²) < 4.78 is 11.3. The van der Waals surface area contributed by atoms with Gasteiger partial charge in [-0.3, -0.25) is 19.3 Å². The zero-order valence-electron chi connectivity index (χ0n) is 25.4. The molecule has 0 saturated carbocycles. The summed E-state index contributed by atoms with van der Waals surface area (Å²) >= 11 is 0. The number of hydrogen-bond donors (Lipinski definition) is 1. The van der Waals surface area contributed by atoms with Crippen molar-refractivity contribution in [3.63, 3.8) is 0 Å². The molecule has 0 bridgehead atoms. The summed E-state index contributed by atoms with van der Waals surface area (Å²) in [5.41, 5.74) is 0.329. The summed E-state index contributed by atoms with van der Waals surface area (Å²) in [5.74, 6) is -0.687. The molecule has 0 aliphatic carbocycles. The van der Waals surface area contributed by atoms with Crippen LogP contribution in [-0.2, 0) is 30.3 Å². The molecule has 1 aromatic rings. The van der Waals surface area contributed by atoms with E-state index in [9.17, 15) is 14.4 Å². The zero-order valence-corrected chi connectivity index (χ0v) is 25.4. The van der Waals surface area contributed by atoms with E-state index >= 15 is 0 Å². The number of methoxy groups -OCH3 is 1. The molecular formula is C30H51N3O5. The molecule has 38 heavy (non-hydrogen) atoms. The number of rotatable bonds is 14. The number of hydrogen-bond acceptors (Lipinski definition) is 6. The SMILES string of the molecule is CC[C@H](C)[C@@H]([C@@H](CC(=O)OC(C)(C)C)OC)N(C)C(=O)[C@H](Cc1ccccc1)NC(=O)[C@H](C(C)C)N(C)C. The number of carbonyl (C=O) groups is 3. The lowest BCUT2D eigenvalue weighted by molar-refractivity contribution is -0.160. The molecule has 1 aromatic carbocycles. The second kappa shape index (κ2) is 15.2. The van der Waals surface area contributed by atoms with Gasteiger partial charge in [0.05, 0.1) is 24.6 Å². The Morgan fingerprint density at radius 2 is 1.58 bits per heavy atom. The highest BCUT2D eigenvalue weighted by Gasteiger charge is 2.38.